The van der Waals surface area contributed by atoms with Crippen LogP contribution in [-0.4, -0.2) is 0 Å². The minimum absolute atomic E-state index is 0.556. The lowest BCUT2D eigenvalue weighted by Gasteiger charge is -2.25. The fourth-order valence-electron chi connectivity index (χ4n) is 3.76. The van der Waals surface area contributed by atoms with Gasteiger partial charge < -0.3 is 0 Å². The molecule has 0 aliphatic heterocycles. The van der Waals surface area contributed by atoms with Crippen molar-refractivity contribution < 1.29 is 0 Å². The van der Waals surface area contributed by atoms with E-state index >= 15 is 0 Å². The van der Waals surface area contributed by atoms with Gasteiger partial charge in [0.1, 0.15) is 0 Å². The summed E-state index contributed by atoms with van der Waals surface area (Å²) >= 11 is 0. The molecule has 0 bridgehead atoms. The standard InChI is InChI=1S/C22H32/c1-13(2)18-11-9-17-10-12-19(14(3)4)21(16(7)8)22(17)20(18)15(5)6/h9-16H,1-8H3. The lowest BCUT2D eigenvalue weighted by molar-refractivity contribution is 0.780. The van der Waals surface area contributed by atoms with Gasteiger partial charge in [0.25, 0.3) is 0 Å². The van der Waals surface area contributed by atoms with E-state index in [1.807, 2.05) is 0 Å². The summed E-state index contributed by atoms with van der Waals surface area (Å²) in [5.74, 6) is 2.26. The molecular formula is C22H32. The molecular weight excluding hydrogens is 264 g/mol. The van der Waals surface area contributed by atoms with E-state index < -0.39 is 0 Å². The maximum Gasteiger partial charge on any atom is -0.0109 e. The first-order chi connectivity index (χ1) is 10.3. The molecule has 22 heavy (non-hydrogen) atoms. The van der Waals surface area contributed by atoms with E-state index in [2.05, 4.69) is 79.7 Å². The van der Waals surface area contributed by atoms with Crippen molar-refractivity contribution in [2.45, 2.75) is 79.1 Å². The molecule has 0 heterocycles. The van der Waals surface area contributed by atoms with E-state index in [1.165, 1.54) is 21.9 Å². The molecule has 0 amide bonds. The van der Waals surface area contributed by atoms with Crippen molar-refractivity contribution in [2.24, 2.45) is 0 Å². The Morgan fingerprint density at radius 1 is 0.500 bits per heavy atom. The molecule has 0 spiro atoms. The zero-order valence-electron chi connectivity index (χ0n) is 15.6. The second-order valence-electron chi connectivity index (χ2n) is 7.85. The van der Waals surface area contributed by atoms with Crippen LogP contribution in [0.15, 0.2) is 24.3 Å². The molecule has 2 aromatic carbocycles. The topological polar surface area (TPSA) is 0 Å². The molecule has 2 rings (SSSR count). The average Bonchev–Trinajstić information content (AvgIpc) is 2.43. The van der Waals surface area contributed by atoms with Crippen LogP contribution in [-0.2, 0) is 0 Å². The predicted octanol–water partition coefficient (Wildman–Crippen LogP) is 7.33. The third-order valence-corrected chi connectivity index (χ3v) is 4.73. The third-order valence-electron chi connectivity index (χ3n) is 4.73. The minimum atomic E-state index is 0.556. The molecule has 120 valence electrons. The molecule has 0 aliphatic carbocycles. The van der Waals surface area contributed by atoms with Crippen LogP contribution in [0, 0.1) is 0 Å². The zero-order valence-corrected chi connectivity index (χ0v) is 15.6. The van der Waals surface area contributed by atoms with Crippen molar-refractivity contribution in [1.82, 2.24) is 0 Å². The summed E-state index contributed by atoms with van der Waals surface area (Å²) in [6.45, 7) is 18.6. The first kappa shape index (κ1) is 17.1. The Morgan fingerprint density at radius 3 is 1.14 bits per heavy atom. The van der Waals surface area contributed by atoms with Gasteiger partial charge in [0.15, 0.2) is 0 Å². The van der Waals surface area contributed by atoms with E-state index in [-0.39, 0.29) is 0 Å². The Balaban J connectivity index is 2.99. The summed E-state index contributed by atoms with van der Waals surface area (Å²) < 4.78 is 0. The van der Waals surface area contributed by atoms with Crippen LogP contribution in [0.5, 0.6) is 0 Å². The van der Waals surface area contributed by atoms with Gasteiger partial charge in [-0.1, -0.05) is 79.7 Å². The number of hydrogen-bond acceptors (Lipinski definition) is 0. The van der Waals surface area contributed by atoms with Crippen LogP contribution < -0.4 is 0 Å². The van der Waals surface area contributed by atoms with Gasteiger partial charge in [-0.05, 0) is 56.7 Å². The van der Waals surface area contributed by atoms with E-state index in [0.717, 1.165) is 0 Å². The lowest BCUT2D eigenvalue weighted by Crippen LogP contribution is -2.06. The summed E-state index contributed by atoms with van der Waals surface area (Å²) in [5, 5.41) is 2.93. The highest BCUT2D eigenvalue weighted by molar-refractivity contribution is 5.92. The van der Waals surface area contributed by atoms with Crippen LogP contribution in [0.3, 0.4) is 0 Å². The van der Waals surface area contributed by atoms with Crippen molar-refractivity contribution in [3.8, 4) is 0 Å². The summed E-state index contributed by atoms with van der Waals surface area (Å²) in [7, 11) is 0. The van der Waals surface area contributed by atoms with Gasteiger partial charge in [-0.15, -0.1) is 0 Å². The predicted molar refractivity (Wildman–Crippen MR) is 100 cm³/mol. The highest BCUT2D eigenvalue weighted by Crippen LogP contribution is 2.40. The SMILES string of the molecule is CC(C)c1ccc2ccc(C(C)C)c(C(C)C)c2c1C(C)C. The molecule has 0 fully saturated rings. The van der Waals surface area contributed by atoms with Crippen molar-refractivity contribution in [3.63, 3.8) is 0 Å². The van der Waals surface area contributed by atoms with Crippen LogP contribution in [0.2, 0.25) is 0 Å². The van der Waals surface area contributed by atoms with Crippen LogP contribution in [0.1, 0.15) is 101 Å². The van der Waals surface area contributed by atoms with Gasteiger partial charge in [0.2, 0.25) is 0 Å². The van der Waals surface area contributed by atoms with Crippen molar-refractivity contribution in [1.29, 1.82) is 0 Å². The highest BCUT2D eigenvalue weighted by atomic mass is 14.2. The molecule has 0 unspecified atom stereocenters. The number of hydrogen-bond donors (Lipinski definition) is 0. The normalized spacial score (nSPS) is 12.4. The molecule has 0 saturated carbocycles. The third kappa shape index (κ3) is 2.93. The Bertz CT molecular complexity index is 603. The number of fused-ring (bicyclic) bond motifs is 1. The quantitative estimate of drug-likeness (QED) is 0.554. The first-order valence-corrected chi connectivity index (χ1v) is 8.84. The smallest absolute Gasteiger partial charge is 0.0109 e. The molecule has 0 nitrogen and oxygen atoms in total. The average molecular weight is 296 g/mol. The largest absolute Gasteiger partial charge is 0.0587 e. The second-order valence-corrected chi connectivity index (χ2v) is 7.85. The molecule has 0 radical (unpaired) electrons. The van der Waals surface area contributed by atoms with Crippen molar-refractivity contribution in [3.05, 3.63) is 46.5 Å². The Hall–Kier alpha value is -1.30. The van der Waals surface area contributed by atoms with E-state index in [4.69, 9.17) is 0 Å². The summed E-state index contributed by atoms with van der Waals surface area (Å²) in [6, 6.07) is 9.35. The van der Waals surface area contributed by atoms with Crippen LogP contribution in [0.4, 0.5) is 0 Å². The maximum absolute atomic E-state index is 2.35. The fraction of sp³-hybridized carbons (Fsp3) is 0.545. The Morgan fingerprint density at radius 2 is 0.864 bits per heavy atom. The van der Waals surface area contributed by atoms with Crippen LogP contribution >= 0.6 is 0 Å². The summed E-state index contributed by atoms with van der Waals surface area (Å²) in [4.78, 5) is 0. The number of rotatable bonds is 4. The highest BCUT2D eigenvalue weighted by Gasteiger charge is 2.20. The van der Waals surface area contributed by atoms with E-state index in [9.17, 15) is 0 Å². The van der Waals surface area contributed by atoms with Gasteiger partial charge in [0, 0.05) is 0 Å². The fourth-order valence-corrected chi connectivity index (χ4v) is 3.76. The molecule has 0 saturated heterocycles. The first-order valence-electron chi connectivity index (χ1n) is 8.84. The lowest BCUT2D eigenvalue weighted by atomic mass is 9.79. The Labute approximate surface area is 136 Å². The van der Waals surface area contributed by atoms with Gasteiger partial charge >= 0.3 is 0 Å². The summed E-state index contributed by atoms with van der Waals surface area (Å²) in [5.41, 5.74) is 6.17. The van der Waals surface area contributed by atoms with Crippen LogP contribution in [0.25, 0.3) is 10.8 Å². The van der Waals surface area contributed by atoms with E-state index in [0.29, 0.717) is 23.7 Å². The molecule has 0 aromatic heterocycles. The van der Waals surface area contributed by atoms with Crippen molar-refractivity contribution in [2.75, 3.05) is 0 Å². The maximum atomic E-state index is 2.35. The molecule has 0 N–H and O–H groups in total. The van der Waals surface area contributed by atoms with E-state index in [1.54, 1.807) is 11.1 Å². The number of benzene rings is 2. The second kappa shape index (κ2) is 6.44. The zero-order chi connectivity index (χ0) is 16.6. The van der Waals surface area contributed by atoms with Gasteiger partial charge in [-0.2, -0.15) is 0 Å². The monoisotopic (exact) mass is 296 g/mol. The van der Waals surface area contributed by atoms with Gasteiger partial charge in [-0.3, -0.25) is 0 Å². The molecule has 0 aliphatic rings. The van der Waals surface area contributed by atoms with Gasteiger partial charge in [0.05, 0.1) is 0 Å². The molecule has 0 heteroatoms. The Kier molecular flexibility index (Phi) is 5.00. The summed E-state index contributed by atoms with van der Waals surface area (Å²) in [6.07, 6.45) is 0. The van der Waals surface area contributed by atoms with Crippen molar-refractivity contribution >= 4 is 10.8 Å². The molecule has 0 atom stereocenters. The van der Waals surface area contributed by atoms with Gasteiger partial charge in [-0.25, -0.2) is 0 Å². The molecule has 2 aromatic rings. The minimum Gasteiger partial charge on any atom is -0.0587 e.